The molecule has 37 heavy (non-hydrogen) atoms. The van der Waals surface area contributed by atoms with Crippen LogP contribution in [0.5, 0.6) is 0 Å². The number of hydrogen-bond acceptors (Lipinski definition) is 5. The van der Waals surface area contributed by atoms with Gasteiger partial charge in [0.1, 0.15) is 0 Å². The molecule has 1 aliphatic rings. The smallest absolute Gasteiger partial charge is 0.257 e. The summed E-state index contributed by atoms with van der Waals surface area (Å²) in [5, 5.41) is 2.99. The van der Waals surface area contributed by atoms with Crippen molar-refractivity contribution >= 4 is 38.9 Å². The van der Waals surface area contributed by atoms with Crippen molar-refractivity contribution in [2.24, 2.45) is 0 Å². The van der Waals surface area contributed by atoms with Gasteiger partial charge in [-0.05, 0) is 67.7 Å². The maximum atomic E-state index is 12.7. The van der Waals surface area contributed by atoms with E-state index in [-0.39, 0.29) is 23.2 Å². The zero-order valence-corrected chi connectivity index (χ0v) is 21.7. The summed E-state index contributed by atoms with van der Waals surface area (Å²) in [5.41, 5.74) is 3.74. The molecule has 1 saturated heterocycles. The molecular formula is C25H28ClF2N5O3S. The van der Waals surface area contributed by atoms with Gasteiger partial charge < -0.3 is 10.3 Å². The summed E-state index contributed by atoms with van der Waals surface area (Å²) >= 11 is 6.06. The summed E-state index contributed by atoms with van der Waals surface area (Å²) in [5.74, 6) is -0.0625. The minimum atomic E-state index is -3.49. The fraction of sp³-hybridized carbons (Fsp3) is 0.360. The number of likely N-dealkylation sites (tertiary alicyclic amines) is 1. The summed E-state index contributed by atoms with van der Waals surface area (Å²) in [6, 6.07) is 10.2. The molecule has 2 aromatic heterocycles. The van der Waals surface area contributed by atoms with E-state index < -0.39 is 16.4 Å². The van der Waals surface area contributed by atoms with E-state index in [1.165, 1.54) is 18.2 Å². The second-order valence-electron chi connectivity index (χ2n) is 9.20. The van der Waals surface area contributed by atoms with E-state index in [2.05, 4.69) is 20.0 Å². The zero-order chi connectivity index (χ0) is 26.6. The van der Waals surface area contributed by atoms with Crippen molar-refractivity contribution in [1.29, 1.82) is 0 Å². The number of carbonyl (C=O) groups excluding carboxylic acids is 1. The lowest BCUT2D eigenvalue weighted by molar-refractivity contribution is 0.0754. The van der Waals surface area contributed by atoms with E-state index >= 15 is 0 Å². The van der Waals surface area contributed by atoms with Gasteiger partial charge in [-0.15, -0.1) is 0 Å². The van der Waals surface area contributed by atoms with Crippen LogP contribution in [0.15, 0.2) is 48.8 Å². The third-order valence-corrected chi connectivity index (χ3v) is 6.96. The van der Waals surface area contributed by atoms with E-state index in [0.29, 0.717) is 36.7 Å². The normalized spacial score (nSPS) is 15.2. The molecule has 0 bridgehead atoms. The first kappa shape index (κ1) is 27.0. The van der Waals surface area contributed by atoms with Crippen molar-refractivity contribution in [1.82, 2.24) is 14.9 Å². The Labute approximate surface area is 219 Å². The zero-order valence-electron chi connectivity index (χ0n) is 20.2. The van der Waals surface area contributed by atoms with Crippen LogP contribution in [0.2, 0.25) is 5.02 Å². The number of benzene rings is 1. The van der Waals surface area contributed by atoms with E-state index in [4.69, 9.17) is 11.6 Å². The Balaban J connectivity index is 1.34. The predicted octanol–water partition coefficient (Wildman–Crippen LogP) is 4.72. The minimum Gasteiger partial charge on any atom is -0.364 e. The number of alkyl halides is 2. The van der Waals surface area contributed by atoms with E-state index in [0.717, 1.165) is 36.0 Å². The second kappa shape index (κ2) is 11.6. The van der Waals surface area contributed by atoms with Crippen LogP contribution in [0.1, 0.15) is 46.1 Å². The highest BCUT2D eigenvalue weighted by Crippen LogP contribution is 2.28. The molecular weight excluding hydrogens is 524 g/mol. The number of rotatable bonds is 9. The first-order chi connectivity index (χ1) is 17.5. The Bertz CT molecular complexity index is 1340. The van der Waals surface area contributed by atoms with Gasteiger partial charge in [-0.25, -0.2) is 17.2 Å². The molecule has 3 N–H and O–H groups in total. The van der Waals surface area contributed by atoms with Gasteiger partial charge in [-0.1, -0.05) is 17.7 Å². The molecule has 0 radical (unpaired) electrons. The Hall–Kier alpha value is -3.02. The van der Waals surface area contributed by atoms with Crippen LogP contribution >= 0.6 is 11.6 Å². The molecule has 12 heteroatoms. The Morgan fingerprint density at radius 2 is 1.92 bits per heavy atom. The maximum Gasteiger partial charge on any atom is 0.257 e. The number of halogens is 3. The number of H-pyrrole nitrogens is 1. The number of nitrogens with one attached hydrogen (secondary N) is 3. The van der Waals surface area contributed by atoms with Gasteiger partial charge in [0, 0.05) is 40.9 Å². The number of pyridine rings is 1. The number of hydrogen-bond donors (Lipinski definition) is 3. The molecule has 0 atom stereocenters. The first-order valence-electron chi connectivity index (χ1n) is 11.8. The molecule has 0 unspecified atom stereocenters. The Morgan fingerprint density at radius 3 is 2.57 bits per heavy atom. The molecule has 0 spiro atoms. The quantitative estimate of drug-likeness (QED) is 0.357. The van der Waals surface area contributed by atoms with Crippen LogP contribution in [0.25, 0.3) is 0 Å². The van der Waals surface area contributed by atoms with Crippen molar-refractivity contribution in [3.63, 3.8) is 0 Å². The van der Waals surface area contributed by atoms with Crippen LogP contribution < -0.4 is 10.0 Å². The van der Waals surface area contributed by atoms with Gasteiger partial charge in [0.05, 0.1) is 24.1 Å². The van der Waals surface area contributed by atoms with Crippen molar-refractivity contribution in [3.8, 4) is 0 Å². The summed E-state index contributed by atoms with van der Waals surface area (Å²) in [7, 11) is -3.49. The van der Waals surface area contributed by atoms with Crippen LogP contribution in [0.3, 0.4) is 0 Å². The second-order valence-corrected chi connectivity index (χ2v) is 11.4. The third-order valence-electron chi connectivity index (χ3n) is 6.14. The maximum absolute atomic E-state index is 12.7. The fourth-order valence-corrected chi connectivity index (χ4v) is 5.21. The lowest BCUT2D eigenvalue weighted by atomic mass is 9.90. The van der Waals surface area contributed by atoms with Gasteiger partial charge in [0.15, 0.2) is 0 Å². The molecule has 8 nitrogen and oxygen atoms in total. The third kappa shape index (κ3) is 7.98. The van der Waals surface area contributed by atoms with E-state index in [1.54, 1.807) is 17.2 Å². The number of sulfonamides is 1. The molecule has 1 fully saturated rings. The van der Waals surface area contributed by atoms with E-state index in [1.807, 2.05) is 18.3 Å². The number of nitrogens with zero attached hydrogens (tertiary/aromatic N) is 2. The Morgan fingerprint density at radius 1 is 1.19 bits per heavy atom. The van der Waals surface area contributed by atoms with Crippen molar-refractivity contribution in [3.05, 3.63) is 76.3 Å². The monoisotopic (exact) mass is 551 g/mol. The number of carbonyl (C=O) groups is 1. The van der Waals surface area contributed by atoms with E-state index in [9.17, 15) is 22.0 Å². The SMILES string of the molecule is CS(=O)(=O)Nc1cc(Cl)cc(NC(=O)c2c[nH]c(Cc3ccc(C4CCN(CC(F)F)CC4)cn3)c2)c1. The van der Waals surface area contributed by atoms with Crippen molar-refractivity contribution in [2.45, 2.75) is 31.6 Å². The average molecular weight is 552 g/mol. The minimum absolute atomic E-state index is 0.166. The molecule has 4 rings (SSSR count). The van der Waals surface area contributed by atoms with Gasteiger partial charge in [0.2, 0.25) is 10.0 Å². The molecule has 3 aromatic rings. The fourth-order valence-electron chi connectivity index (χ4n) is 4.43. The summed E-state index contributed by atoms with van der Waals surface area (Å²) in [6.45, 7) is 1.16. The molecule has 1 aliphatic heterocycles. The molecule has 1 aromatic carbocycles. The highest BCUT2D eigenvalue weighted by atomic mass is 35.5. The highest BCUT2D eigenvalue weighted by Gasteiger charge is 2.22. The lowest BCUT2D eigenvalue weighted by Gasteiger charge is -2.31. The largest absolute Gasteiger partial charge is 0.364 e. The summed E-state index contributed by atoms with van der Waals surface area (Å²) < 4.78 is 50.5. The van der Waals surface area contributed by atoms with Gasteiger partial charge in [0.25, 0.3) is 12.3 Å². The topological polar surface area (TPSA) is 107 Å². The first-order valence-corrected chi connectivity index (χ1v) is 14.0. The molecule has 0 aliphatic carbocycles. The Kier molecular flexibility index (Phi) is 8.46. The molecule has 198 valence electrons. The standard InChI is InChI=1S/C25H28ClF2N5O3S/c1-37(35,36)32-23-10-19(26)9-22(12-23)31-25(34)18-8-21(30-14-18)11-20-3-2-17(13-29-20)16-4-6-33(7-5-16)15-24(27)28/h2-3,8-10,12-14,16,24,30,32H,4-7,11,15H2,1H3,(H,31,34). The van der Waals surface area contributed by atoms with Crippen LogP contribution in [0, 0.1) is 0 Å². The van der Waals surface area contributed by atoms with Crippen molar-refractivity contribution in [2.75, 3.05) is 35.9 Å². The lowest BCUT2D eigenvalue weighted by Crippen LogP contribution is -2.36. The predicted molar refractivity (Wildman–Crippen MR) is 140 cm³/mol. The highest BCUT2D eigenvalue weighted by molar-refractivity contribution is 7.92. The van der Waals surface area contributed by atoms with Crippen LogP contribution in [-0.2, 0) is 16.4 Å². The van der Waals surface area contributed by atoms with Crippen LogP contribution in [0.4, 0.5) is 20.2 Å². The molecule has 0 saturated carbocycles. The number of aromatic amines is 1. The van der Waals surface area contributed by atoms with Crippen LogP contribution in [-0.4, -0.2) is 61.5 Å². The molecule has 1 amide bonds. The van der Waals surface area contributed by atoms with Gasteiger partial charge in [-0.2, -0.15) is 0 Å². The number of piperidine rings is 1. The molecule has 3 heterocycles. The number of aromatic nitrogens is 2. The number of anilines is 2. The van der Waals surface area contributed by atoms with Crippen molar-refractivity contribution < 1.29 is 22.0 Å². The number of amides is 1. The van der Waals surface area contributed by atoms with Gasteiger partial charge in [-0.3, -0.25) is 19.4 Å². The summed E-state index contributed by atoms with van der Waals surface area (Å²) in [6.07, 6.45) is 4.33. The van der Waals surface area contributed by atoms with Gasteiger partial charge >= 0.3 is 0 Å². The summed E-state index contributed by atoms with van der Waals surface area (Å²) in [4.78, 5) is 22.2. The average Bonchev–Trinajstić information content (AvgIpc) is 3.27.